The van der Waals surface area contributed by atoms with Crippen molar-refractivity contribution in [2.45, 2.75) is 5.41 Å². The Morgan fingerprint density at radius 2 is 0.890 bits per heavy atom. The fraction of sp³-hybridized carbons (Fsp3) is 0.0127. The molecule has 3 heteroatoms. The Balaban J connectivity index is 0.960. The van der Waals surface area contributed by atoms with Gasteiger partial charge in [0.25, 0.3) is 0 Å². The molecular weight excluding hydrogens is 993 g/mol. The maximum absolute atomic E-state index is 6.50. The quantitative estimate of drug-likeness (QED) is 0.144. The molecule has 1 aliphatic carbocycles. The van der Waals surface area contributed by atoms with Crippen molar-refractivity contribution in [1.82, 2.24) is 4.57 Å². The minimum atomic E-state index is -0.669. The number of hydrogen-bond donors (Lipinski definition) is 0. The lowest BCUT2D eigenvalue weighted by atomic mass is 9.67. The van der Waals surface area contributed by atoms with Crippen molar-refractivity contribution in [3.05, 3.63) is 326 Å². The zero-order chi connectivity index (χ0) is 53.9. The van der Waals surface area contributed by atoms with Crippen molar-refractivity contribution in [1.29, 1.82) is 0 Å². The Morgan fingerprint density at radius 3 is 1.67 bits per heavy atom. The van der Waals surface area contributed by atoms with E-state index in [0.29, 0.717) is 0 Å². The average Bonchev–Trinajstić information content (AvgIpc) is 1.57. The van der Waals surface area contributed by atoms with E-state index >= 15 is 0 Å². The van der Waals surface area contributed by atoms with Crippen LogP contribution in [0.5, 0.6) is 0 Å². The Kier molecular flexibility index (Phi) is 10.2. The number of nitrogens with zero attached hydrogens (tertiary/aromatic N) is 2. The minimum absolute atomic E-state index is 0.669. The molecule has 13 aromatic carbocycles. The molecule has 2 aromatic heterocycles. The molecule has 2 aliphatic rings. The smallest absolute Gasteiger partial charge is 0.135 e. The topological polar surface area (TPSA) is 21.3 Å². The van der Waals surface area contributed by atoms with Gasteiger partial charge in [-0.15, -0.1) is 0 Å². The second kappa shape index (κ2) is 18.2. The summed E-state index contributed by atoms with van der Waals surface area (Å²) in [5.41, 5.74) is 27.1. The van der Waals surface area contributed by atoms with Crippen LogP contribution in [0, 0.1) is 0 Å². The van der Waals surface area contributed by atoms with Crippen molar-refractivity contribution >= 4 is 60.8 Å². The van der Waals surface area contributed by atoms with Gasteiger partial charge in [-0.2, -0.15) is 0 Å². The second-order valence-electron chi connectivity index (χ2n) is 21.9. The van der Waals surface area contributed by atoms with Crippen molar-refractivity contribution in [2.75, 3.05) is 4.90 Å². The van der Waals surface area contributed by atoms with Crippen LogP contribution in [0.15, 0.2) is 308 Å². The molecule has 17 rings (SSSR count). The first kappa shape index (κ1) is 46.2. The van der Waals surface area contributed by atoms with Crippen LogP contribution in [0.4, 0.5) is 17.1 Å². The molecule has 3 heterocycles. The summed E-state index contributed by atoms with van der Waals surface area (Å²) in [5, 5.41) is 4.62. The van der Waals surface area contributed by atoms with Gasteiger partial charge in [-0.1, -0.05) is 249 Å². The lowest BCUT2D eigenvalue weighted by Crippen LogP contribution is -2.28. The van der Waals surface area contributed by atoms with Crippen molar-refractivity contribution in [3.8, 4) is 72.4 Å². The highest BCUT2D eigenvalue weighted by atomic mass is 16.3. The summed E-state index contributed by atoms with van der Waals surface area (Å²) in [7, 11) is 0. The Bertz CT molecular complexity index is 5020. The van der Waals surface area contributed by atoms with Crippen LogP contribution in [-0.2, 0) is 5.41 Å². The number of aromatic nitrogens is 1. The van der Waals surface area contributed by atoms with E-state index in [4.69, 9.17) is 4.42 Å². The molecule has 0 N–H and O–H groups in total. The van der Waals surface area contributed by atoms with Crippen LogP contribution in [-0.4, -0.2) is 4.57 Å². The number of fused-ring (bicyclic) bond motifs is 9. The molecule has 0 radical (unpaired) electrons. The summed E-state index contributed by atoms with van der Waals surface area (Å²) < 4.78 is 9.10. The molecule has 1 aliphatic heterocycles. The van der Waals surface area contributed by atoms with Gasteiger partial charge in [0.1, 0.15) is 11.2 Å². The third-order valence-electron chi connectivity index (χ3n) is 17.6. The summed E-state index contributed by atoms with van der Waals surface area (Å²) in [6.07, 6.45) is 0. The molecular formula is C79H50N2O. The van der Waals surface area contributed by atoms with E-state index in [1.54, 1.807) is 0 Å². The number of anilines is 3. The zero-order valence-electron chi connectivity index (χ0n) is 44.7. The molecule has 82 heavy (non-hydrogen) atoms. The molecule has 0 saturated heterocycles. The standard InChI is InChI=1S/C79H50N2O/c1-5-20-51(21-6-1)53-38-40-57(41-39-53)79(58-29-17-28-56(48-58)52-22-7-2-8-23-52)68-34-18-33-65-63-44-42-60(50-72(63)81-70-35-15-13-30-62(70)66-45-46-69(79)77(76(65)68)78(66)81)80(59-43-47-74-67(49-59)64-31-14-16-37-73(64)82-74)71-36-19-32-61(54-24-9-3-10-25-54)75(71)55-26-11-4-12-27-55/h1-50H. The molecule has 0 spiro atoms. The predicted molar refractivity (Wildman–Crippen MR) is 341 cm³/mol. The highest BCUT2D eigenvalue weighted by Crippen LogP contribution is 2.63. The minimum Gasteiger partial charge on any atom is -0.456 e. The van der Waals surface area contributed by atoms with Crippen LogP contribution in [0.25, 0.3) is 116 Å². The number of hydrogen-bond acceptors (Lipinski definition) is 2. The summed E-state index contributed by atoms with van der Waals surface area (Å²) in [6.45, 7) is 0. The molecule has 1 unspecified atom stereocenters. The highest BCUT2D eigenvalue weighted by Gasteiger charge is 2.49. The van der Waals surface area contributed by atoms with E-state index in [1.807, 2.05) is 6.07 Å². The fourth-order valence-electron chi connectivity index (χ4n) is 14.1. The molecule has 382 valence electrons. The van der Waals surface area contributed by atoms with Gasteiger partial charge in [-0.05, 0) is 127 Å². The molecule has 15 aromatic rings. The van der Waals surface area contributed by atoms with Gasteiger partial charge < -0.3 is 13.9 Å². The molecule has 0 fully saturated rings. The number of rotatable bonds is 9. The second-order valence-corrected chi connectivity index (χ2v) is 21.9. The van der Waals surface area contributed by atoms with E-state index in [0.717, 1.165) is 66.9 Å². The van der Waals surface area contributed by atoms with Gasteiger partial charge in [0.15, 0.2) is 0 Å². The monoisotopic (exact) mass is 1040 g/mol. The van der Waals surface area contributed by atoms with Gasteiger partial charge >= 0.3 is 0 Å². The summed E-state index contributed by atoms with van der Waals surface area (Å²) >= 11 is 0. The summed E-state index contributed by atoms with van der Waals surface area (Å²) in [4.78, 5) is 2.48. The molecule has 0 bridgehead atoms. The maximum Gasteiger partial charge on any atom is 0.135 e. The fourth-order valence-corrected chi connectivity index (χ4v) is 14.1. The van der Waals surface area contributed by atoms with Crippen molar-refractivity contribution in [3.63, 3.8) is 0 Å². The van der Waals surface area contributed by atoms with Gasteiger partial charge in [-0.3, -0.25) is 0 Å². The van der Waals surface area contributed by atoms with E-state index in [-0.39, 0.29) is 0 Å². The Labute approximate surface area is 475 Å². The summed E-state index contributed by atoms with van der Waals surface area (Å²) in [5.74, 6) is 0. The Morgan fingerprint density at radius 1 is 0.305 bits per heavy atom. The number of para-hydroxylation sites is 2. The average molecular weight is 1040 g/mol. The largest absolute Gasteiger partial charge is 0.456 e. The van der Waals surface area contributed by atoms with E-state index in [9.17, 15) is 0 Å². The maximum atomic E-state index is 6.50. The van der Waals surface area contributed by atoms with Crippen LogP contribution in [0.2, 0.25) is 0 Å². The van der Waals surface area contributed by atoms with Gasteiger partial charge in [0.05, 0.1) is 27.8 Å². The van der Waals surface area contributed by atoms with Crippen molar-refractivity contribution in [2.24, 2.45) is 0 Å². The lowest BCUT2D eigenvalue weighted by molar-refractivity contribution is 0.669. The van der Waals surface area contributed by atoms with Gasteiger partial charge in [0, 0.05) is 49.6 Å². The van der Waals surface area contributed by atoms with Gasteiger partial charge in [-0.25, -0.2) is 0 Å². The van der Waals surface area contributed by atoms with Crippen LogP contribution in [0.1, 0.15) is 22.3 Å². The molecule has 1 atom stereocenters. The van der Waals surface area contributed by atoms with Crippen LogP contribution < -0.4 is 4.90 Å². The van der Waals surface area contributed by atoms with Crippen molar-refractivity contribution < 1.29 is 4.42 Å². The molecule has 0 saturated carbocycles. The molecule has 3 nitrogen and oxygen atoms in total. The third-order valence-corrected chi connectivity index (χ3v) is 17.6. The summed E-state index contributed by atoms with van der Waals surface area (Å²) in [6, 6.07) is 112. The van der Waals surface area contributed by atoms with Crippen LogP contribution in [0.3, 0.4) is 0 Å². The first-order valence-electron chi connectivity index (χ1n) is 28.3. The third kappa shape index (κ3) is 6.77. The van der Waals surface area contributed by atoms with E-state index < -0.39 is 5.41 Å². The predicted octanol–water partition coefficient (Wildman–Crippen LogP) is 21.2. The zero-order valence-corrected chi connectivity index (χ0v) is 44.7. The first-order valence-corrected chi connectivity index (χ1v) is 28.3. The Hall–Kier alpha value is -10.7. The van der Waals surface area contributed by atoms with E-state index in [1.165, 1.54) is 88.6 Å². The number of benzene rings is 13. The highest BCUT2D eigenvalue weighted by molar-refractivity contribution is 6.19. The SMILES string of the molecule is c1ccc(-c2ccc(C3(c4cccc(-c5ccccc5)c4)c4cccc5c4-c4c3ccc3c6ccccc6n(c43)-c3cc(N(c4ccc6oc7ccccc7c6c4)c4cccc(-c6ccccc6)c4-c4ccccc4)ccc3-5)cc2)cc1. The normalized spacial score (nSPS) is 13.9. The first-order chi connectivity index (χ1) is 40.7. The van der Waals surface area contributed by atoms with Gasteiger partial charge in [0.2, 0.25) is 0 Å². The number of furan rings is 1. The van der Waals surface area contributed by atoms with E-state index in [2.05, 4.69) is 307 Å². The lowest BCUT2D eigenvalue weighted by Gasteiger charge is -2.35. The molecule has 0 amide bonds. The van der Waals surface area contributed by atoms with Crippen LogP contribution >= 0.6 is 0 Å².